The van der Waals surface area contributed by atoms with Gasteiger partial charge in [0, 0.05) is 29.7 Å². The van der Waals surface area contributed by atoms with Crippen molar-refractivity contribution in [3.8, 4) is 0 Å². The molecule has 0 aliphatic carbocycles. The second-order valence-corrected chi connectivity index (χ2v) is 4.31. The first-order valence-corrected chi connectivity index (χ1v) is 5.92. The highest BCUT2D eigenvalue weighted by atomic mass is 16.1. The van der Waals surface area contributed by atoms with Crippen LogP contribution in [0.4, 0.5) is 0 Å². The highest BCUT2D eigenvalue weighted by Crippen LogP contribution is 2.19. The van der Waals surface area contributed by atoms with Crippen molar-refractivity contribution in [2.75, 3.05) is 0 Å². The Balaban J connectivity index is 1.85. The van der Waals surface area contributed by atoms with Gasteiger partial charge in [-0.05, 0) is 18.2 Å². The molecule has 19 heavy (non-hydrogen) atoms. The maximum atomic E-state index is 12.2. The molecule has 3 aromatic rings. The molecule has 1 amide bonds. The second-order valence-electron chi connectivity index (χ2n) is 4.31. The first-order valence-electron chi connectivity index (χ1n) is 5.92. The summed E-state index contributed by atoms with van der Waals surface area (Å²) in [7, 11) is 1.96. The first kappa shape index (κ1) is 11.5. The van der Waals surface area contributed by atoms with Crippen LogP contribution in [0.25, 0.3) is 10.9 Å². The van der Waals surface area contributed by atoms with Gasteiger partial charge in [-0.25, -0.2) is 0 Å². The number of nitrogens with zero attached hydrogens (tertiary/aromatic N) is 3. The average molecular weight is 255 g/mol. The quantitative estimate of drug-likeness (QED) is 0.739. The van der Waals surface area contributed by atoms with Crippen LogP contribution in [0.2, 0.25) is 0 Å². The molecule has 0 fully saturated rings. The van der Waals surface area contributed by atoms with Gasteiger partial charge in [0.1, 0.15) is 5.69 Å². The lowest BCUT2D eigenvalue weighted by Gasteiger charge is -2.05. The van der Waals surface area contributed by atoms with E-state index in [4.69, 9.17) is 0 Å². The molecule has 0 saturated carbocycles. The smallest absolute Gasteiger partial charge is 0.252 e. The summed E-state index contributed by atoms with van der Waals surface area (Å²) in [5, 5.41) is 13.9. The number of H-pyrrole nitrogens is 1. The summed E-state index contributed by atoms with van der Waals surface area (Å²) in [6.45, 7) is 0.360. The molecule has 6 nitrogen and oxygen atoms in total. The Morgan fingerprint density at radius 2 is 2.32 bits per heavy atom. The molecule has 96 valence electrons. The number of carbonyl (C=O) groups excluding carboxylic acids is 1. The van der Waals surface area contributed by atoms with Gasteiger partial charge >= 0.3 is 0 Å². The lowest BCUT2D eigenvalue weighted by atomic mass is 10.1. The van der Waals surface area contributed by atoms with Crippen molar-refractivity contribution < 1.29 is 4.79 Å². The number of aryl methyl sites for hydroxylation is 1. The van der Waals surface area contributed by atoms with E-state index in [1.807, 2.05) is 42.1 Å². The van der Waals surface area contributed by atoms with E-state index in [-0.39, 0.29) is 5.91 Å². The Kier molecular flexibility index (Phi) is 2.75. The number of aromatic nitrogens is 4. The van der Waals surface area contributed by atoms with Crippen molar-refractivity contribution in [1.82, 2.24) is 25.3 Å². The minimum atomic E-state index is -0.111. The Bertz CT molecular complexity index is 714. The molecule has 2 heterocycles. The van der Waals surface area contributed by atoms with Crippen molar-refractivity contribution in [1.29, 1.82) is 0 Å². The monoisotopic (exact) mass is 255 g/mol. The third kappa shape index (κ3) is 2.08. The number of nitrogens with one attached hydrogen (secondary N) is 2. The summed E-state index contributed by atoms with van der Waals surface area (Å²) < 4.78 is 1.99. The zero-order valence-electron chi connectivity index (χ0n) is 10.4. The normalized spacial score (nSPS) is 10.8. The molecule has 3 rings (SSSR count). The lowest BCUT2D eigenvalue weighted by molar-refractivity contribution is 0.0952. The molecular weight excluding hydrogens is 242 g/mol. The van der Waals surface area contributed by atoms with E-state index in [0.29, 0.717) is 17.8 Å². The van der Waals surface area contributed by atoms with Gasteiger partial charge in [-0.2, -0.15) is 15.4 Å². The van der Waals surface area contributed by atoms with E-state index in [2.05, 4.69) is 20.7 Å². The molecular formula is C13H13N5O. The van der Waals surface area contributed by atoms with Gasteiger partial charge in [0.15, 0.2) is 0 Å². The van der Waals surface area contributed by atoms with Crippen molar-refractivity contribution >= 4 is 16.8 Å². The van der Waals surface area contributed by atoms with Crippen molar-refractivity contribution in [3.05, 3.63) is 47.9 Å². The lowest BCUT2D eigenvalue weighted by Crippen LogP contribution is -2.23. The van der Waals surface area contributed by atoms with E-state index in [9.17, 15) is 4.79 Å². The predicted octanol–water partition coefficient (Wildman–Crippen LogP) is 1.23. The summed E-state index contributed by atoms with van der Waals surface area (Å²) in [5.74, 6) is -0.111. The van der Waals surface area contributed by atoms with Crippen LogP contribution < -0.4 is 5.32 Å². The van der Waals surface area contributed by atoms with E-state index < -0.39 is 0 Å². The van der Waals surface area contributed by atoms with Gasteiger partial charge in [-0.15, -0.1) is 0 Å². The van der Waals surface area contributed by atoms with Crippen LogP contribution in [0.1, 0.15) is 16.1 Å². The molecule has 0 atom stereocenters. The van der Waals surface area contributed by atoms with Crippen LogP contribution in [0.3, 0.4) is 0 Å². The topological polar surface area (TPSA) is 75.6 Å². The van der Waals surface area contributed by atoms with E-state index >= 15 is 0 Å². The minimum absolute atomic E-state index is 0.111. The van der Waals surface area contributed by atoms with Crippen LogP contribution >= 0.6 is 0 Å². The molecule has 6 heteroatoms. The van der Waals surface area contributed by atoms with Gasteiger partial charge in [0.2, 0.25) is 0 Å². The number of rotatable bonds is 3. The predicted molar refractivity (Wildman–Crippen MR) is 70.5 cm³/mol. The van der Waals surface area contributed by atoms with Crippen LogP contribution in [-0.2, 0) is 13.6 Å². The second kappa shape index (κ2) is 4.56. The summed E-state index contributed by atoms with van der Waals surface area (Å²) in [4.78, 5) is 12.2. The van der Waals surface area contributed by atoms with Crippen molar-refractivity contribution in [3.63, 3.8) is 0 Å². The van der Waals surface area contributed by atoms with E-state index in [1.54, 1.807) is 6.20 Å². The fourth-order valence-corrected chi connectivity index (χ4v) is 2.08. The zero-order valence-corrected chi connectivity index (χ0v) is 10.4. The fraction of sp³-hybridized carbons (Fsp3) is 0.154. The number of hydrogen-bond acceptors (Lipinski definition) is 3. The van der Waals surface area contributed by atoms with Crippen LogP contribution in [0.15, 0.2) is 36.7 Å². The summed E-state index contributed by atoms with van der Waals surface area (Å²) >= 11 is 0. The minimum Gasteiger partial charge on any atom is -0.351 e. The molecule has 0 bridgehead atoms. The first-order chi connectivity index (χ1) is 9.25. The molecule has 0 unspecified atom stereocenters. The number of amides is 1. The number of hydrogen-bond donors (Lipinski definition) is 2. The van der Waals surface area contributed by atoms with Gasteiger partial charge in [0.05, 0.1) is 12.7 Å². The van der Waals surface area contributed by atoms with E-state index in [1.165, 1.54) is 0 Å². The third-order valence-electron chi connectivity index (χ3n) is 3.07. The molecule has 0 spiro atoms. The average Bonchev–Trinajstić information content (AvgIpc) is 3.06. The van der Waals surface area contributed by atoms with Crippen molar-refractivity contribution in [2.24, 2.45) is 7.05 Å². The Hall–Kier alpha value is -2.63. The van der Waals surface area contributed by atoms with Gasteiger partial charge in [-0.1, -0.05) is 6.07 Å². The molecule has 0 aliphatic heterocycles. The Labute approximate surface area is 109 Å². The number of aromatic amines is 1. The summed E-state index contributed by atoms with van der Waals surface area (Å²) in [6, 6.07) is 7.64. The number of benzene rings is 1. The third-order valence-corrected chi connectivity index (χ3v) is 3.07. The molecule has 0 aliphatic rings. The molecule has 1 aromatic carbocycles. The van der Waals surface area contributed by atoms with Crippen molar-refractivity contribution in [2.45, 2.75) is 6.54 Å². The number of fused-ring (bicyclic) bond motifs is 1. The van der Waals surface area contributed by atoms with Gasteiger partial charge in [-0.3, -0.25) is 4.79 Å². The van der Waals surface area contributed by atoms with Crippen LogP contribution in [0, 0.1) is 0 Å². The molecule has 2 aromatic heterocycles. The summed E-state index contributed by atoms with van der Waals surface area (Å²) in [5.41, 5.74) is 2.41. The highest BCUT2D eigenvalue weighted by molar-refractivity contribution is 6.06. The molecule has 0 saturated heterocycles. The fourth-order valence-electron chi connectivity index (χ4n) is 2.08. The maximum Gasteiger partial charge on any atom is 0.252 e. The van der Waals surface area contributed by atoms with E-state index in [0.717, 1.165) is 10.9 Å². The summed E-state index contributed by atoms with van der Waals surface area (Å²) in [6.07, 6.45) is 3.53. The van der Waals surface area contributed by atoms with Crippen LogP contribution in [0.5, 0.6) is 0 Å². The van der Waals surface area contributed by atoms with Gasteiger partial charge in [0.25, 0.3) is 5.91 Å². The number of carbonyl (C=O) groups is 1. The largest absolute Gasteiger partial charge is 0.351 e. The standard InChI is InChI=1S/C13H13N5O/c1-18-6-5-10-11(3-2-4-12(10)18)13(19)14-7-9-8-15-17-16-9/h2-6,8H,7H2,1H3,(H,14,19)(H,15,16,17). The Morgan fingerprint density at radius 1 is 1.42 bits per heavy atom. The zero-order chi connectivity index (χ0) is 13.2. The molecule has 0 radical (unpaired) electrons. The van der Waals surface area contributed by atoms with Gasteiger partial charge < -0.3 is 9.88 Å². The molecule has 2 N–H and O–H groups in total. The highest BCUT2D eigenvalue weighted by Gasteiger charge is 2.11. The maximum absolute atomic E-state index is 12.2. The Morgan fingerprint density at radius 3 is 3.11 bits per heavy atom. The SMILES string of the molecule is Cn1ccc2c(C(=O)NCc3cn[nH]n3)cccc21. The van der Waals surface area contributed by atoms with Crippen LogP contribution in [-0.4, -0.2) is 25.9 Å².